The van der Waals surface area contributed by atoms with Crippen molar-refractivity contribution < 1.29 is 9.59 Å². The number of hydrogen-bond donors (Lipinski definition) is 2. The molecule has 2 aromatic carbocycles. The molecule has 120 valence electrons. The van der Waals surface area contributed by atoms with Crippen LogP contribution in [0.1, 0.15) is 19.4 Å². The highest BCUT2D eigenvalue weighted by molar-refractivity contribution is 6.34. The average Bonchev–Trinajstić information content (AvgIpc) is 2.51. The first-order valence-electron chi connectivity index (χ1n) is 7.25. The van der Waals surface area contributed by atoms with Crippen LogP contribution in [0.5, 0.6) is 0 Å². The van der Waals surface area contributed by atoms with E-state index in [1.807, 2.05) is 25.1 Å². The molecule has 2 aromatic rings. The van der Waals surface area contributed by atoms with Crippen LogP contribution in [0.2, 0.25) is 5.02 Å². The van der Waals surface area contributed by atoms with Gasteiger partial charge < -0.3 is 10.6 Å². The number of para-hydroxylation sites is 2. The summed E-state index contributed by atoms with van der Waals surface area (Å²) in [5.74, 6) is -0.798. The number of rotatable bonds is 4. The molecule has 0 bridgehead atoms. The van der Waals surface area contributed by atoms with Crippen molar-refractivity contribution in [2.24, 2.45) is 5.41 Å². The van der Waals surface area contributed by atoms with Gasteiger partial charge in [-0.25, -0.2) is 0 Å². The Labute approximate surface area is 140 Å². The molecule has 23 heavy (non-hydrogen) atoms. The summed E-state index contributed by atoms with van der Waals surface area (Å²) in [6, 6.07) is 14.3. The van der Waals surface area contributed by atoms with Gasteiger partial charge >= 0.3 is 0 Å². The Kier molecular flexibility index (Phi) is 5.06. The monoisotopic (exact) mass is 330 g/mol. The van der Waals surface area contributed by atoms with Gasteiger partial charge in [-0.05, 0) is 44.5 Å². The molecular formula is C18H19ClN2O2. The second-order valence-electron chi connectivity index (χ2n) is 5.83. The maximum atomic E-state index is 12.5. The van der Waals surface area contributed by atoms with Crippen molar-refractivity contribution in [1.82, 2.24) is 0 Å². The lowest BCUT2D eigenvalue weighted by atomic mass is 9.90. The van der Waals surface area contributed by atoms with Crippen LogP contribution in [-0.4, -0.2) is 11.8 Å². The van der Waals surface area contributed by atoms with Gasteiger partial charge in [0.05, 0.1) is 10.7 Å². The number of nitrogens with one attached hydrogen (secondary N) is 2. The van der Waals surface area contributed by atoms with Gasteiger partial charge in [0.25, 0.3) is 0 Å². The molecule has 5 heteroatoms. The second-order valence-corrected chi connectivity index (χ2v) is 6.24. The summed E-state index contributed by atoms with van der Waals surface area (Å²) in [5, 5.41) is 5.93. The Hall–Kier alpha value is -2.33. The average molecular weight is 331 g/mol. The lowest BCUT2D eigenvalue weighted by Gasteiger charge is -2.23. The fourth-order valence-electron chi connectivity index (χ4n) is 1.94. The third kappa shape index (κ3) is 3.90. The Morgan fingerprint density at radius 3 is 1.91 bits per heavy atom. The van der Waals surface area contributed by atoms with E-state index >= 15 is 0 Å². The second kappa shape index (κ2) is 6.84. The number of aryl methyl sites for hydroxylation is 1. The fraction of sp³-hybridized carbons (Fsp3) is 0.222. The highest BCUT2D eigenvalue weighted by Crippen LogP contribution is 2.26. The van der Waals surface area contributed by atoms with Gasteiger partial charge in [-0.2, -0.15) is 0 Å². The minimum Gasteiger partial charge on any atom is -0.325 e. The first kappa shape index (κ1) is 17.0. The van der Waals surface area contributed by atoms with Crippen LogP contribution in [0.15, 0.2) is 48.5 Å². The van der Waals surface area contributed by atoms with Crippen molar-refractivity contribution in [3.05, 3.63) is 59.1 Å². The van der Waals surface area contributed by atoms with E-state index in [2.05, 4.69) is 10.6 Å². The zero-order valence-electron chi connectivity index (χ0n) is 13.3. The Bertz CT molecular complexity index is 680. The van der Waals surface area contributed by atoms with Gasteiger partial charge in [-0.1, -0.05) is 41.9 Å². The molecule has 0 aliphatic rings. The van der Waals surface area contributed by atoms with E-state index in [0.29, 0.717) is 16.4 Å². The third-order valence-electron chi connectivity index (χ3n) is 3.65. The summed E-state index contributed by atoms with van der Waals surface area (Å²) in [5.41, 5.74) is 0.858. The largest absolute Gasteiger partial charge is 0.325 e. The highest BCUT2D eigenvalue weighted by atomic mass is 35.5. The topological polar surface area (TPSA) is 58.2 Å². The third-order valence-corrected chi connectivity index (χ3v) is 3.98. The number of hydrogen-bond acceptors (Lipinski definition) is 2. The summed E-state index contributed by atoms with van der Waals surface area (Å²) in [4.78, 5) is 25.0. The quantitative estimate of drug-likeness (QED) is 0.823. The number of amides is 2. The van der Waals surface area contributed by atoms with Crippen LogP contribution in [-0.2, 0) is 9.59 Å². The van der Waals surface area contributed by atoms with Crippen LogP contribution in [0.25, 0.3) is 0 Å². The number of carbonyl (C=O) groups excluding carboxylic acids is 2. The standard InChI is InChI=1S/C18H19ClN2O2/c1-12-8-4-6-10-14(12)20-16(22)18(2,3)17(23)21-15-11-7-5-9-13(15)19/h4-11H,1-3H3,(H,20,22)(H,21,23). The SMILES string of the molecule is Cc1ccccc1NC(=O)C(C)(C)C(=O)Nc1ccccc1Cl. The summed E-state index contributed by atoms with van der Waals surface area (Å²) < 4.78 is 0. The molecule has 0 aliphatic heterocycles. The minimum atomic E-state index is -1.25. The predicted octanol–water partition coefficient (Wildman–Crippen LogP) is 4.25. The van der Waals surface area contributed by atoms with Crippen LogP contribution in [0, 0.1) is 12.3 Å². The summed E-state index contributed by atoms with van der Waals surface area (Å²) >= 11 is 6.03. The lowest BCUT2D eigenvalue weighted by molar-refractivity contribution is -0.135. The maximum absolute atomic E-state index is 12.5. The van der Waals surface area contributed by atoms with Crippen molar-refractivity contribution in [2.75, 3.05) is 10.6 Å². The molecular weight excluding hydrogens is 312 g/mol. The van der Waals surface area contributed by atoms with Gasteiger partial charge in [-0.15, -0.1) is 0 Å². The molecule has 0 aliphatic carbocycles. The molecule has 0 atom stereocenters. The van der Waals surface area contributed by atoms with E-state index < -0.39 is 11.3 Å². The van der Waals surface area contributed by atoms with Crippen molar-refractivity contribution in [3.8, 4) is 0 Å². The van der Waals surface area contributed by atoms with Gasteiger partial charge in [-0.3, -0.25) is 9.59 Å². The molecule has 0 saturated heterocycles. The van der Waals surface area contributed by atoms with E-state index in [4.69, 9.17) is 11.6 Å². The lowest BCUT2D eigenvalue weighted by Crippen LogP contribution is -2.41. The van der Waals surface area contributed by atoms with E-state index in [1.165, 1.54) is 0 Å². The highest BCUT2D eigenvalue weighted by Gasteiger charge is 2.36. The fourth-order valence-corrected chi connectivity index (χ4v) is 2.12. The minimum absolute atomic E-state index is 0.378. The molecule has 0 saturated carbocycles. The van der Waals surface area contributed by atoms with Crippen molar-refractivity contribution >= 4 is 34.8 Å². The molecule has 0 unspecified atom stereocenters. The number of benzene rings is 2. The van der Waals surface area contributed by atoms with E-state index in [-0.39, 0.29) is 5.91 Å². The van der Waals surface area contributed by atoms with Crippen molar-refractivity contribution in [3.63, 3.8) is 0 Å². The molecule has 4 nitrogen and oxygen atoms in total. The summed E-state index contributed by atoms with van der Waals surface area (Å²) in [7, 11) is 0. The van der Waals surface area contributed by atoms with Crippen molar-refractivity contribution in [1.29, 1.82) is 0 Å². The molecule has 0 fully saturated rings. The maximum Gasteiger partial charge on any atom is 0.239 e. The van der Waals surface area contributed by atoms with Gasteiger partial charge in [0.15, 0.2) is 0 Å². The van der Waals surface area contributed by atoms with Gasteiger partial charge in [0.1, 0.15) is 5.41 Å². The molecule has 0 heterocycles. The molecule has 2 rings (SSSR count). The zero-order valence-corrected chi connectivity index (χ0v) is 14.1. The molecule has 0 spiro atoms. The Morgan fingerprint density at radius 1 is 0.870 bits per heavy atom. The Balaban J connectivity index is 2.13. The number of anilines is 2. The zero-order chi connectivity index (χ0) is 17.0. The van der Waals surface area contributed by atoms with Crippen LogP contribution in [0.4, 0.5) is 11.4 Å². The van der Waals surface area contributed by atoms with Crippen LogP contribution >= 0.6 is 11.6 Å². The van der Waals surface area contributed by atoms with Crippen molar-refractivity contribution in [2.45, 2.75) is 20.8 Å². The summed E-state index contributed by atoms with van der Waals surface area (Å²) in [6.07, 6.45) is 0. The molecule has 0 radical (unpaired) electrons. The van der Waals surface area contributed by atoms with E-state index in [1.54, 1.807) is 44.2 Å². The van der Waals surface area contributed by atoms with Gasteiger partial charge in [0, 0.05) is 5.69 Å². The van der Waals surface area contributed by atoms with Gasteiger partial charge in [0.2, 0.25) is 11.8 Å². The van der Waals surface area contributed by atoms with E-state index in [9.17, 15) is 9.59 Å². The smallest absolute Gasteiger partial charge is 0.239 e. The first-order chi connectivity index (χ1) is 10.8. The number of carbonyl (C=O) groups is 2. The predicted molar refractivity (Wildman–Crippen MR) is 93.7 cm³/mol. The molecule has 0 aromatic heterocycles. The Morgan fingerprint density at radius 2 is 1.35 bits per heavy atom. The van der Waals surface area contributed by atoms with Crippen LogP contribution in [0.3, 0.4) is 0 Å². The first-order valence-corrected chi connectivity index (χ1v) is 7.63. The summed E-state index contributed by atoms with van der Waals surface area (Å²) in [6.45, 7) is 5.05. The van der Waals surface area contributed by atoms with Crippen LogP contribution < -0.4 is 10.6 Å². The normalized spacial score (nSPS) is 11.0. The number of halogens is 1. The molecule has 2 amide bonds. The molecule has 2 N–H and O–H groups in total. The van der Waals surface area contributed by atoms with E-state index in [0.717, 1.165) is 5.56 Å².